The lowest BCUT2D eigenvalue weighted by molar-refractivity contribution is -0.138. The van der Waals surface area contributed by atoms with Gasteiger partial charge in [0.15, 0.2) is 11.5 Å². The van der Waals surface area contributed by atoms with Crippen LogP contribution in [0, 0.1) is 0 Å². The number of amides is 1. The number of unbranched alkanes of at least 4 members (excludes halogenated alkanes) is 8. The van der Waals surface area contributed by atoms with E-state index in [1.165, 1.54) is 0 Å². The van der Waals surface area contributed by atoms with E-state index >= 15 is 0 Å². The fourth-order valence-corrected chi connectivity index (χ4v) is 3.15. The molecule has 1 aromatic rings. The molecule has 0 bridgehead atoms. The number of ether oxygens (including phenoxy) is 2. The number of hydrogen-bond acceptors (Lipinski definition) is 5. The first-order valence-corrected chi connectivity index (χ1v) is 11.0. The molecule has 0 saturated heterocycles. The molecule has 1 rings (SSSR count). The monoisotopic (exact) mass is 437 g/mol. The number of hydrogen-bond donors (Lipinski definition) is 3. The number of carbonyl (C=O) groups excluding carboxylic acids is 1. The van der Waals surface area contributed by atoms with Gasteiger partial charge in [-0.25, -0.2) is 0 Å². The number of carboxylic acid groups (broad SMARTS) is 2. The summed E-state index contributed by atoms with van der Waals surface area (Å²) in [4.78, 5) is 32.7. The molecule has 0 unspecified atom stereocenters. The molecule has 1 amide bonds. The SMILES string of the molecule is NC(=O)c1cccc(OCCCCCCCC(=O)O)c1OCCCCCCCC(=O)O. The summed E-state index contributed by atoms with van der Waals surface area (Å²) in [5, 5.41) is 17.3. The van der Waals surface area contributed by atoms with E-state index in [1.807, 2.05) is 0 Å². The van der Waals surface area contributed by atoms with Crippen LogP contribution in [-0.2, 0) is 9.59 Å². The van der Waals surface area contributed by atoms with Crippen molar-refractivity contribution in [2.24, 2.45) is 5.73 Å². The highest BCUT2D eigenvalue weighted by Crippen LogP contribution is 2.31. The molecular weight excluding hydrogens is 402 g/mol. The molecule has 0 fully saturated rings. The van der Waals surface area contributed by atoms with Crippen LogP contribution >= 0.6 is 0 Å². The molecule has 0 aliphatic heterocycles. The van der Waals surface area contributed by atoms with Gasteiger partial charge in [-0.05, 0) is 37.8 Å². The van der Waals surface area contributed by atoms with Gasteiger partial charge in [0, 0.05) is 12.8 Å². The summed E-state index contributed by atoms with van der Waals surface area (Å²) in [5.41, 5.74) is 5.76. The van der Waals surface area contributed by atoms with Crippen molar-refractivity contribution < 1.29 is 34.1 Å². The van der Waals surface area contributed by atoms with Crippen molar-refractivity contribution in [2.45, 2.75) is 77.0 Å². The number of nitrogens with two attached hydrogens (primary N) is 1. The summed E-state index contributed by atoms with van der Waals surface area (Å²) in [5.74, 6) is -1.25. The fraction of sp³-hybridized carbons (Fsp3) is 0.609. The topological polar surface area (TPSA) is 136 Å². The van der Waals surface area contributed by atoms with Gasteiger partial charge in [0.1, 0.15) is 0 Å². The summed E-state index contributed by atoms with van der Waals surface area (Å²) in [6.45, 7) is 0.893. The highest BCUT2D eigenvalue weighted by Gasteiger charge is 2.15. The number of carbonyl (C=O) groups is 3. The van der Waals surface area contributed by atoms with Crippen molar-refractivity contribution >= 4 is 17.8 Å². The second-order valence-corrected chi connectivity index (χ2v) is 7.52. The Hall–Kier alpha value is -2.77. The van der Waals surface area contributed by atoms with Crippen molar-refractivity contribution in [2.75, 3.05) is 13.2 Å². The number of carboxylic acids is 2. The molecule has 0 atom stereocenters. The van der Waals surface area contributed by atoms with E-state index in [0.29, 0.717) is 37.6 Å². The summed E-state index contributed by atoms with van der Waals surface area (Å²) < 4.78 is 11.7. The van der Waals surface area contributed by atoms with E-state index in [9.17, 15) is 14.4 Å². The van der Waals surface area contributed by atoms with Gasteiger partial charge in [0.25, 0.3) is 5.91 Å². The first kappa shape index (κ1) is 26.3. The molecule has 0 aliphatic carbocycles. The van der Waals surface area contributed by atoms with Crippen molar-refractivity contribution in [3.63, 3.8) is 0 Å². The molecule has 31 heavy (non-hydrogen) atoms. The van der Waals surface area contributed by atoms with Crippen molar-refractivity contribution in [3.05, 3.63) is 23.8 Å². The minimum atomic E-state index is -0.767. The second-order valence-electron chi connectivity index (χ2n) is 7.52. The molecular formula is C23H35NO7. The normalized spacial score (nSPS) is 10.6. The highest BCUT2D eigenvalue weighted by molar-refractivity contribution is 5.96. The van der Waals surface area contributed by atoms with Crippen LogP contribution in [0.25, 0.3) is 0 Å². The maximum Gasteiger partial charge on any atom is 0.303 e. The predicted octanol–water partition coefficient (Wildman–Crippen LogP) is 4.39. The number of para-hydroxylation sites is 1. The number of rotatable bonds is 19. The summed E-state index contributed by atoms with van der Waals surface area (Å²) in [7, 11) is 0. The minimum Gasteiger partial charge on any atom is -0.490 e. The standard InChI is InChI=1S/C23H35NO7/c24-23(29)18-12-11-13-19(30-16-9-5-1-3-7-14-20(25)26)22(18)31-17-10-6-2-4-8-15-21(27)28/h11-13H,1-10,14-17H2,(H2,24,29)(H,25,26)(H,27,28). The van der Waals surface area contributed by atoms with Crippen LogP contribution < -0.4 is 15.2 Å². The minimum absolute atomic E-state index is 0.200. The van der Waals surface area contributed by atoms with E-state index in [4.69, 9.17) is 25.4 Å². The second kappa shape index (κ2) is 16.0. The Morgan fingerprint density at radius 2 is 1.19 bits per heavy atom. The van der Waals surface area contributed by atoms with Crippen LogP contribution in [0.1, 0.15) is 87.4 Å². The van der Waals surface area contributed by atoms with Gasteiger partial charge < -0.3 is 25.4 Å². The zero-order valence-electron chi connectivity index (χ0n) is 18.1. The third kappa shape index (κ3) is 12.5. The van der Waals surface area contributed by atoms with Crippen LogP contribution in [0.2, 0.25) is 0 Å². The van der Waals surface area contributed by atoms with Crippen molar-refractivity contribution in [1.29, 1.82) is 0 Å². The quantitative estimate of drug-likeness (QED) is 0.273. The van der Waals surface area contributed by atoms with Gasteiger partial charge in [0.2, 0.25) is 0 Å². The highest BCUT2D eigenvalue weighted by atomic mass is 16.5. The maximum absolute atomic E-state index is 11.8. The number of primary amides is 1. The van der Waals surface area contributed by atoms with Crippen LogP contribution in [0.4, 0.5) is 0 Å². The summed E-state index contributed by atoms with van der Waals surface area (Å²) in [6.07, 6.45) is 8.88. The zero-order valence-corrected chi connectivity index (χ0v) is 18.1. The largest absolute Gasteiger partial charge is 0.490 e. The third-order valence-corrected chi connectivity index (χ3v) is 4.82. The Bertz CT molecular complexity index is 691. The number of benzene rings is 1. The van der Waals surface area contributed by atoms with E-state index < -0.39 is 17.8 Å². The molecule has 8 heteroatoms. The molecule has 0 spiro atoms. The Kier molecular flexibility index (Phi) is 13.5. The van der Waals surface area contributed by atoms with E-state index in [0.717, 1.165) is 51.4 Å². The molecule has 8 nitrogen and oxygen atoms in total. The van der Waals surface area contributed by atoms with Gasteiger partial charge in [-0.3, -0.25) is 14.4 Å². The Balaban J connectivity index is 2.38. The first-order valence-electron chi connectivity index (χ1n) is 11.0. The lowest BCUT2D eigenvalue weighted by atomic mass is 10.1. The Morgan fingerprint density at radius 3 is 1.71 bits per heavy atom. The predicted molar refractivity (Wildman–Crippen MR) is 117 cm³/mol. The molecule has 1 aromatic carbocycles. The molecule has 0 aromatic heterocycles. The zero-order chi connectivity index (χ0) is 22.9. The first-order chi connectivity index (χ1) is 14.9. The fourth-order valence-electron chi connectivity index (χ4n) is 3.15. The Morgan fingerprint density at radius 1 is 0.710 bits per heavy atom. The summed E-state index contributed by atoms with van der Waals surface area (Å²) >= 11 is 0. The van der Waals surface area contributed by atoms with Crippen LogP contribution in [0.3, 0.4) is 0 Å². The van der Waals surface area contributed by atoms with Crippen LogP contribution in [0.5, 0.6) is 11.5 Å². The smallest absolute Gasteiger partial charge is 0.303 e. The number of aliphatic carboxylic acids is 2. The van der Waals surface area contributed by atoms with Crippen LogP contribution in [-0.4, -0.2) is 41.3 Å². The van der Waals surface area contributed by atoms with E-state index in [2.05, 4.69) is 0 Å². The van der Waals surface area contributed by atoms with Gasteiger partial charge >= 0.3 is 11.9 Å². The molecule has 0 aliphatic rings. The van der Waals surface area contributed by atoms with Crippen LogP contribution in [0.15, 0.2) is 18.2 Å². The molecule has 0 radical (unpaired) electrons. The molecule has 0 heterocycles. The van der Waals surface area contributed by atoms with Gasteiger partial charge in [0.05, 0.1) is 18.8 Å². The summed E-state index contributed by atoms with van der Waals surface area (Å²) in [6, 6.07) is 5.07. The molecule has 174 valence electrons. The van der Waals surface area contributed by atoms with Gasteiger partial charge in [-0.2, -0.15) is 0 Å². The molecule has 4 N–H and O–H groups in total. The average Bonchev–Trinajstić information content (AvgIpc) is 2.71. The third-order valence-electron chi connectivity index (χ3n) is 4.82. The van der Waals surface area contributed by atoms with E-state index in [-0.39, 0.29) is 18.4 Å². The Labute approximate surface area is 183 Å². The lowest BCUT2D eigenvalue weighted by Crippen LogP contribution is -2.14. The van der Waals surface area contributed by atoms with E-state index in [1.54, 1.807) is 18.2 Å². The van der Waals surface area contributed by atoms with Gasteiger partial charge in [-0.15, -0.1) is 0 Å². The maximum atomic E-state index is 11.8. The van der Waals surface area contributed by atoms with Crippen molar-refractivity contribution in [1.82, 2.24) is 0 Å². The average molecular weight is 438 g/mol. The van der Waals surface area contributed by atoms with Crippen molar-refractivity contribution in [3.8, 4) is 11.5 Å². The lowest BCUT2D eigenvalue weighted by Gasteiger charge is -2.15. The van der Waals surface area contributed by atoms with Gasteiger partial charge in [-0.1, -0.05) is 44.6 Å². The molecule has 0 saturated carbocycles.